The average molecular weight is 328 g/mol. The molecule has 116 valence electrons. The first-order valence-corrected chi connectivity index (χ1v) is 7.41. The average Bonchev–Trinajstić information content (AvgIpc) is 2.52. The first-order valence-electron chi connectivity index (χ1n) is 7.03. The minimum Gasteiger partial charge on any atom is -0.351 e. The second kappa shape index (κ2) is 5.52. The molecule has 6 nitrogen and oxygen atoms in total. The Kier molecular flexibility index (Phi) is 3.66. The molecule has 3 rings (SSSR count). The Bertz CT molecular complexity index is 841. The molecule has 0 unspecified atom stereocenters. The standard InChI is InChI=1S/C16H14ClN5O/c1-16(2)8-20-14(23)11-4-3-10(5-12(11)16)21-13-9(6-18)7-19-15(17)22-13/h3-5,7H,8H2,1-2H3,(H,20,23)(H,19,21,22). The van der Waals surface area contributed by atoms with E-state index in [4.69, 9.17) is 16.9 Å². The van der Waals surface area contributed by atoms with Crippen molar-refractivity contribution in [3.05, 3.63) is 46.4 Å². The fourth-order valence-corrected chi connectivity index (χ4v) is 2.68. The van der Waals surface area contributed by atoms with E-state index in [1.54, 1.807) is 12.1 Å². The zero-order chi connectivity index (χ0) is 16.6. The predicted molar refractivity (Wildman–Crippen MR) is 86.8 cm³/mol. The molecule has 1 aliphatic rings. The molecule has 0 fully saturated rings. The van der Waals surface area contributed by atoms with Crippen molar-refractivity contribution in [1.82, 2.24) is 15.3 Å². The lowest BCUT2D eigenvalue weighted by atomic mass is 9.79. The van der Waals surface area contributed by atoms with Gasteiger partial charge in [-0.2, -0.15) is 10.2 Å². The van der Waals surface area contributed by atoms with Gasteiger partial charge >= 0.3 is 0 Å². The van der Waals surface area contributed by atoms with Gasteiger partial charge in [0, 0.05) is 23.2 Å². The second-order valence-electron chi connectivity index (χ2n) is 5.97. The highest BCUT2D eigenvalue weighted by Gasteiger charge is 2.31. The number of amides is 1. The summed E-state index contributed by atoms with van der Waals surface area (Å²) in [5.74, 6) is 0.263. The molecular formula is C16H14ClN5O. The molecular weight excluding hydrogens is 314 g/mol. The molecule has 0 atom stereocenters. The molecule has 2 aromatic rings. The molecule has 1 aromatic carbocycles. The van der Waals surface area contributed by atoms with Gasteiger partial charge < -0.3 is 10.6 Å². The van der Waals surface area contributed by atoms with Crippen LogP contribution in [-0.2, 0) is 5.41 Å². The van der Waals surface area contributed by atoms with Crippen LogP contribution in [0.4, 0.5) is 11.5 Å². The van der Waals surface area contributed by atoms with Crippen LogP contribution in [0.1, 0.15) is 35.3 Å². The summed E-state index contributed by atoms with van der Waals surface area (Å²) in [7, 11) is 0. The van der Waals surface area contributed by atoms with Crippen LogP contribution in [0.2, 0.25) is 5.28 Å². The van der Waals surface area contributed by atoms with E-state index in [0.717, 1.165) is 11.3 Å². The Morgan fingerprint density at radius 2 is 2.22 bits per heavy atom. The van der Waals surface area contributed by atoms with Crippen LogP contribution in [0, 0.1) is 11.3 Å². The number of fused-ring (bicyclic) bond motifs is 1. The van der Waals surface area contributed by atoms with E-state index < -0.39 is 0 Å². The zero-order valence-corrected chi connectivity index (χ0v) is 13.4. The van der Waals surface area contributed by atoms with Gasteiger partial charge in [0.15, 0.2) is 5.82 Å². The van der Waals surface area contributed by atoms with E-state index in [0.29, 0.717) is 23.5 Å². The molecule has 0 saturated carbocycles. The largest absolute Gasteiger partial charge is 0.351 e. The first kappa shape index (κ1) is 15.3. The van der Waals surface area contributed by atoms with Crippen molar-refractivity contribution in [1.29, 1.82) is 5.26 Å². The van der Waals surface area contributed by atoms with E-state index in [-0.39, 0.29) is 16.6 Å². The van der Waals surface area contributed by atoms with Gasteiger partial charge in [0.25, 0.3) is 5.91 Å². The number of benzene rings is 1. The van der Waals surface area contributed by atoms with E-state index in [1.807, 2.05) is 12.1 Å². The summed E-state index contributed by atoms with van der Waals surface area (Å²) in [6.07, 6.45) is 1.37. The molecule has 0 saturated heterocycles. The number of nitriles is 1. The molecule has 1 aromatic heterocycles. The molecule has 0 aliphatic carbocycles. The molecule has 23 heavy (non-hydrogen) atoms. The van der Waals surface area contributed by atoms with Crippen LogP contribution in [0.25, 0.3) is 0 Å². The van der Waals surface area contributed by atoms with Crippen LogP contribution in [0.5, 0.6) is 0 Å². The quantitative estimate of drug-likeness (QED) is 0.828. The fraction of sp³-hybridized carbons (Fsp3) is 0.250. The van der Waals surface area contributed by atoms with E-state index in [1.165, 1.54) is 6.20 Å². The third-order valence-corrected chi connectivity index (χ3v) is 4.01. The Morgan fingerprint density at radius 3 is 2.96 bits per heavy atom. The number of anilines is 2. The topological polar surface area (TPSA) is 90.7 Å². The highest BCUT2D eigenvalue weighted by molar-refractivity contribution is 6.28. The Labute approximate surface area is 138 Å². The van der Waals surface area contributed by atoms with Crippen LogP contribution in [0.3, 0.4) is 0 Å². The predicted octanol–water partition coefficient (Wildman–Crippen LogP) is 2.77. The van der Waals surface area contributed by atoms with Gasteiger partial charge in [-0.1, -0.05) is 13.8 Å². The maximum Gasteiger partial charge on any atom is 0.251 e. The fourth-order valence-electron chi connectivity index (χ4n) is 2.55. The normalized spacial score (nSPS) is 15.3. The van der Waals surface area contributed by atoms with Crippen molar-refractivity contribution in [3.63, 3.8) is 0 Å². The van der Waals surface area contributed by atoms with Crippen LogP contribution in [0.15, 0.2) is 24.4 Å². The molecule has 1 aliphatic heterocycles. The van der Waals surface area contributed by atoms with Crippen molar-refractivity contribution in [2.24, 2.45) is 0 Å². The number of hydrogen-bond acceptors (Lipinski definition) is 5. The maximum absolute atomic E-state index is 12.0. The Balaban J connectivity index is 2.02. The summed E-state index contributed by atoms with van der Waals surface area (Å²) in [5, 5.41) is 15.2. The summed E-state index contributed by atoms with van der Waals surface area (Å²) >= 11 is 5.80. The van der Waals surface area contributed by atoms with Crippen LogP contribution < -0.4 is 10.6 Å². The number of halogens is 1. The second-order valence-corrected chi connectivity index (χ2v) is 6.30. The molecule has 0 spiro atoms. The molecule has 1 amide bonds. The number of rotatable bonds is 2. The Hall–Kier alpha value is -2.65. The molecule has 0 radical (unpaired) electrons. The SMILES string of the molecule is CC1(C)CNC(=O)c2ccc(Nc3nc(Cl)ncc3C#N)cc21. The summed E-state index contributed by atoms with van der Waals surface area (Å²) in [5.41, 5.74) is 2.46. The third kappa shape index (κ3) is 2.83. The molecule has 0 bridgehead atoms. The molecule has 2 N–H and O–H groups in total. The van der Waals surface area contributed by atoms with Gasteiger partial charge in [-0.3, -0.25) is 4.79 Å². The van der Waals surface area contributed by atoms with Gasteiger partial charge in [-0.15, -0.1) is 0 Å². The molecule has 7 heteroatoms. The lowest BCUT2D eigenvalue weighted by Gasteiger charge is -2.32. The number of carbonyl (C=O) groups is 1. The first-order chi connectivity index (χ1) is 10.9. The van der Waals surface area contributed by atoms with Gasteiger partial charge in [0.05, 0.1) is 6.20 Å². The van der Waals surface area contributed by atoms with Gasteiger partial charge in [-0.25, -0.2) is 4.98 Å². The summed E-state index contributed by atoms with van der Waals surface area (Å²) in [6.45, 7) is 4.71. The Morgan fingerprint density at radius 1 is 1.43 bits per heavy atom. The third-order valence-electron chi connectivity index (χ3n) is 3.83. The minimum atomic E-state index is -0.178. The van der Waals surface area contributed by atoms with Gasteiger partial charge in [0.2, 0.25) is 5.28 Å². The van der Waals surface area contributed by atoms with E-state index in [9.17, 15) is 4.79 Å². The minimum absolute atomic E-state index is 0.0594. The number of aromatic nitrogens is 2. The highest BCUT2D eigenvalue weighted by Crippen LogP contribution is 2.32. The van der Waals surface area contributed by atoms with Crippen molar-refractivity contribution in [2.75, 3.05) is 11.9 Å². The maximum atomic E-state index is 12.0. The summed E-state index contributed by atoms with van der Waals surface area (Å²) < 4.78 is 0. The van der Waals surface area contributed by atoms with E-state index >= 15 is 0 Å². The smallest absolute Gasteiger partial charge is 0.251 e. The number of carbonyl (C=O) groups excluding carboxylic acids is 1. The number of hydrogen-bond donors (Lipinski definition) is 2. The van der Waals surface area contributed by atoms with Crippen molar-refractivity contribution in [2.45, 2.75) is 19.3 Å². The monoisotopic (exact) mass is 327 g/mol. The van der Waals surface area contributed by atoms with Crippen LogP contribution in [-0.4, -0.2) is 22.4 Å². The van der Waals surface area contributed by atoms with Gasteiger partial charge in [0.1, 0.15) is 11.6 Å². The lowest BCUT2D eigenvalue weighted by molar-refractivity contribution is 0.0930. The highest BCUT2D eigenvalue weighted by atomic mass is 35.5. The summed E-state index contributed by atoms with van der Waals surface area (Å²) in [6, 6.07) is 7.47. The zero-order valence-electron chi connectivity index (χ0n) is 12.6. The van der Waals surface area contributed by atoms with E-state index in [2.05, 4.69) is 34.4 Å². The summed E-state index contributed by atoms with van der Waals surface area (Å²) in [4.78, 5) is 19.8. The van der Waals surface area contributed by atoms with Crippen molar-refractivity contribution >= 4 is 29.0 Å². The van der Waals surface area contributed by atoms with Gasteiger partial charge in [-0.05, 0) is 35.4 Å². The molecule has 2 heterocycles. The number of nitrogens with zero attached hydrogens (tertiary/aromatic N) is 3. The van der Waals surface area contributed by atoms with Crippen molar-refractivity contribution < 1.29 is 4.79 Å². The van der Waals surface area contributed by atoms with Crippen LogP contribution >= 0.6 is 11.6 Å². The number of nitrogens with one attached hydrogen (secondary N) is 2. The lowest BCUT2D eigenvalue weighted by Crippen LogP contribution is -2.43. The van der Waals surface area contributed by atoms with Crippen molar-refractivity contribution in [3.8, 4) is 6.07 Å².